The van der Waals surface area contributed by atoms with Crippen molar-refractivity contribution in [3.8, 4) is 16.9 Å². The summed E-state index contributed by atoms with van der Waals surface area (Å²) in [4.78, 5) is 4.59. The van der Waals surface area contributed by atoms with Gasteiger partial charge in [-0.05, 0) is 41.5 Å². The highest BCUT2D eigenvalue weighted by Crippen LogP contribution is 2.41. The van der Waals surface area contributed by atoms with Crippen molar-refractivity contribution >= 4 is 40.6 Å². The Morgan fingerprint density at radius 2 is 1.97 bits per heavy atom. The van der Waals surface area contributed by atoms with Gasteiger partial charge in [0.05, 0.1) is 23.7 Å². The van der Waals surface area contributed by atoms with Gasteiger partial charge in [-0.25, -0.2) is 4.39 Å². The highest BCUT2D eigenvalue weighted by atomic mass is 35.5. The number of fused-ring (bicyclic) bond motifs is 1. The van der Waals surface area contributed by atoms with Crippen LogP contribution in [-0.2, 0) is 4.74 Å². The molecule has 0 atom stereocenters. The van der Waals surface area contributed by atoms with Crippen LogP contribution in [0.2, 0.25) is 5.02 Å². The van der Waals surface area contributed by atoms with Crippen LogP contribution in [0.5, 0.6) is 5.75 Å². The van der Waals surface area contributed by atoms with Crippen molar-refractivity contribution in [2.45, 2.75) is 6.92 Å². The molecule has 0 bridgehead atoms. The zero-order valence-electron chi connectivity index (χ0n) is 16.6. The van der Waals surface area contributed by atoms with Gasteiger partial charge in [0.1, 0.15) is 24.0 Å². The number of nitrogens with zero attached hydrogens (tertiary/aromatic N) is 1. The molecule has 0 aliphatic carbocycles. The minimum Gasteiger partial charge on any atom is -0.490 e. The normalized spacial score (nSPS) is 13.0. The first-order valence-corrected chi connectivity index (χ1v) is 10.1. The standard InChI is InChI=1S/C23H22ClFN2O2.ClH/c1-2-28-11-12-29-22-18(23-26-9-10-27-23)13-15-5-3-4-6-17(15)21(22)16-7-8-20(25)19(24)14-16;/h3-8,13-14H,2,9-12H2,1H3,(H,26,27);1H. The monoisotopic (exact) mass is 448 g/mol. The van der Waals surface area contributed by atoms with Crippen molar-refractivity contribution in [3.05, 3.63) is 64.9 Å². The summed E-state index contributed by atoms with van der Waals surface area (Å²) in [6.45, 7) is 4.96. The number of nitrogens with one attached hydrogen (secondary N) is 1. The van der Waals surface area contributed by atoms with Crippen molar-refractivity contribution in [2.24, 2.45) is 4.99 Å². The number of amidine groups is 1. The molecule has 0 amide bonds. The van der Waals surface area contributed by atoms with Crippen LogP contribution in [0.4, 0.5) is 4.39 Å². The highest BCUT2D eigenvalue weighted by molar-refractivity contribution is 6.31. The van der Waals surface area contributed by atoms with Crippen LogP contribution >= 0.6 is 24.0 Å². The molecule has 3 aromatic carbocycles. The van der Waals surface area contributed by atoms with Crippen molar-refractivity contribution in [1.82, 2.24) is 5.32 Å². The van der Waals surface area contributed by atoms with Crippen molar-refractivity contribution < 1.29 is 13.9 Å². The molecule has 30 heavy (non-hydrogen) atoms. The Morgan fingerprint density at radius 3 is 2.70 bits per heavy atom. The van der Waals surface area contributed by atoms with E-state index in [-0.39, 0.29) is 17.4 Å². The van der Waals surface area contributed by atoms with E-state index < -0.39 is 5.82 Å². The smallest absolute Gasteiger partial charge is 0.141 e. The van der Waals surface area contributed by atoms with E-state index in [2.05, 4.69) is 16.4 Å². The van der Waals surface area contributed by atoms with Crippen LogP contribution in [0, 0.1) is 5.82 Å². The quantitative estimate of drug-likeness (QED) is 0.486. The van der Waals surface area contributed by atoms with E-state index in [9.17, 15) is 4.39 Å². The topological polar surface area (TPSA) is 42.9 Å². The molecular weight excluding hydrogens is 426 g/mol. The Balaban J connectivity index is 0.00000256. The van der Waals surface area contributed by atoms with Gasteiger partial charge in [0, 0.05) is 18.7 Å². The van der Waals surface area contributed by atoms with Gasteiger partial charge in [-0.3, -0.25) is 4.99 Å². The maximum absolute atomic E-state index is 13.8. The number of aliphatic imine (C=N–C) groups is 1. The van der Waals surface area contributed by atoms with Gasteiger partial charge in [-0.1, -0.05) is 41.9 Å². The number of hydrogen-bond acceptors (Lipinski definition) is 4. The maximum Gasteiger partial charge on any atom is 0.141 e. The summed E-state index contributed by atoms with van der Waals surface area (Å²) >= 11 is 6.11. The molecule has 1 aliphatic heterocycles. The summed E-state index contributed by atoms with van der Waals surface area (Å²) in [5.74, 6) is 1.05. The lowest BCUT2D eigenvalue weighted by Crippen LogP contribution is -2.21. The maximum atomic E-state index is 13.8. The number of benzene rings is 3. The molecule has 4 rings (SSSR count). The Labute approximate surface area is 186 Å². The predicted octanol–water partition coefficient (Wildman–Crippen LogP) is 5.49. The first-order valence-electron chi connectivity index (χ1n) is 9.69. The average Bonchev–Trinajstić information content (AvgIpc) is 3.27. The van der Waals surface area contributed by atoms with E-state index in [4.69, 9.17) is 21.1 Å². The molecule has 3 aromatic rings. The van der Waals surface area contributed by atoms with Crippen LogP contribution < -0.4 is 10.1 Å². The fourth-order valence-corrected chi connectivity index (χ4v) is 3.70. The molecule has 0 spiro atoms. The third kappa shape index (κ3) is 4.53. The molecule has 0 aromatic heterocycles. The second kappa shape index (κ2) is 10.1. The lowest BCUT2D eigenvalue weighted by Gasteiger charge is -2.19. The molecule has 0 unspecified atom stereocenters. The largest absolute Gasteiger partial charge is 0.490 e. The number of hydrogen-bond donors (Lipinski definition) is 1. The van der Waals surface area contributed by atoms with Crippen LogP contribution in [0.25, 0.3) is 21.9 Å². The lowest BCUT2D eigenvalue weighted by molar-refractivity contribution is 0.110. The van der Waals surface area contributed by atoms with Crippen LogP contribution in [0.3, 0.4) is 0 Å². The van der Waals surface area contributed by atoms with Crippen molar-refractivity contribution in [2.75, 3.05) is 32.9 Å². The molecule has 0 saturated carbocycles. The van der Waals surface area contributed by atoms with Crippen LogP contribution in [0.15, 0.2) is 53.5 Å². The van der Waals surface area contributed by atoms with E-state index in [0.29, 0.717) is 25.6 Å². The van der Waals surface area contributed by atoms with E-state index >= 15 is 0 Å². The summed E-state index contributed by atoms with van der Waals surface area (Å²) in [6.07, 6.45) is 0. The van der Waals surface area contributed by atoms with Gasteiger partial charge >= 0.3 is 0 Å². The number of halogens is 3. The van der Waals surface area contributed by atoms with Gasteiger partial charge in [-0.15, -0.1) is 12.4 Å². The highest BCUT2D eigenvalue weighted by Gasteiger charge is 2.22. The third-order valence-corrected chi connectivity index (χ3v) is 5.11. The molecule has 0 radical (unpaired) electrons. The average molecular weight is 449 g/mol. The fourth-order valence-electron chi connectivity index (χ4n) is 3.52. The first kappa shape index (κ1) is 22.3. The molecule has 0 saturated heterocycles. The second-order valence-corrected chi connectivity index (χ2v) is 7.09. The fraction of sp³-hybridized carbons (Fsp3) is 0.261. The Hall–Kier alpha value is -2.34. The van der Waals surface area contributed by atoms with Crippen LogP contribution in [0.1, 0.15) is 12.5 Å². The molecule has 1 heterocycles. The van der Waals surface area contributed by atoms with Crippen LogP contribution in [-0.4, -0.2) is 38.7 Å². The van der Waals surface area contributed by atoms with Crippen molar-refractivity contribution in [3.63, 3.8) is 0 Å². The zero-order valence-corrected chi connectivity index (χ0v) is 18.2. The Bertz CT molecular complexity index is 1070. The summed E-state index contributed by atoms with van der Waals surface area (Å²) in [5, 5.41) is 5.46. The Morgan fingerprint density at radius 1 is 1.13 bits per heavy atom. The minimum atomic E-state index is -0.448. The van der Waals surface area contributed by atoms with E-state index in [0.717, 1.165) is 46.4 Å². The zero-order chi connectivity index (χ0) is 20.2. The first-order chi connectivity index (χ1) is 14.2. The van der Waals surface area contributed by atoms with Gasteiger partial charge < -0.3 is 14.8 Å². The molecule has 158 valence electrons. The van der Waals surface area contributed by atoms with E-state index in [1.54, 1.807) is 12.1 Å². The van der Waals surface area contributed by atoms with Gasteiger partial charge in [0.15, 0.2) is 0 Å². The van der Waals surface area contributed by atoms with Gasteiger partial charge in [-0.2, -0.15) is 0 Å². The lowest BCUT2D eigenvalue weighted by atomic mass is 9.93. The molecule has 1 N–H and O–H groups in total. The number of rotatable bonds is 7. The van der Waals surface area contributed by atoms with Gasteiger partial charge in [0.2, 0.25) is 0 Å². The number of ether oxygens (including phenoxy) is 2. The molecule has 1 aliphatic rings. The summed E-state index contributed by atoms with van der Waals surface area (Å²) < 4.78 is 25.5. The Kier molecular flexibility index (Phi) is 7.53. The molecule has 4 nitrogen and oxygen atoms in total. The van der Waals surface area contributed by atoms with Gasteiger partial charge in [0.25, 0.3) is 0 Å². The summed E-state index contributed by atoms with van der Waals surface area (Å²) in [7, 11) is 0. The molecule has 0 fully saturated rings. The summed E-state index contributed by atoms with van der Waals surface area (Å²) in [5.41, 5.74) is 2.54. The molecule has 7 heteroatoms. The van der Waals surface area contributed by atoms with E-state index in [1.165, 1.54) is 6.07 Å². The molecular formula is C23H23Cl2FN2O2. The summed E-state index contributed by atoms with van der Waals surface area (Å²) in [6, 6.07) is 14.9. The second-order valence-electron chi connectivity index (χ2n) is 6.68. The van der Waals surface area contributed by atoms with E-state index in [1.807, 2.05) is 31.2 Å². The van der Waals surface area contributed by atoms with Crippen molar-refractivity contribution in [1.29, 1.82) is 0 Å². The predicted molar refractivity (Wildman–Crippen MR) is 123 cm³/mol. The SMILES string of the molecule is CCOCCOc1c(C2=NCCN2)cc2ccccc2c1-c1ccc(F)c(Cl)c1.Cl. The third-order valence-electron chi connectivity index (χ3n) is 4.82. The minimum absolute atomic E-state index is 0.